The van der Waals surface area contributed by atoms with E-state index in [0.717, 1.165) is 15.6 Å². The highest BCUT2D eigenvalue weighted by Gasteiger charge is 2.16. The zero-order valence-corrected chi connectivity index (χ0v) is 12.5. The smallest absolute Gasteiger partial charge is 0.204 e. The minimum absolute atomic E-state index is 0.0144. The van der Waals surface area contributed by atoms with E-state index in [1.165, 1.54) is 11.3 Å². The predicted molar refractivity (Wildman–Crippen MR) is 76.4 cm³/mol. The van der Waals surface area contributed by atoms with Crippen LogP contribution in [-0.2, 0) is 0 Å². The van der Waals surface area contributed by atoms with Crippen LogP contribution in [0.25, 0.3) is 0 Å². The first kappa shape index (κ1) is 12.8. The van der Waals surface area contributed by atoms with Gasteiger partial charge in [0.1, 0.15) is 0 Å². The van der Waals surface area contributed by atoms with Gasteiger partial charge in [0.15, 0.2) is 0 Å². The van der Waals surface area contributed by atoms with Gasteiger partial charge in [-0.05, 0) is 37.6 Å². The van der Waals surface area contributed by atoms with Crippen LogP contribution in [0.15, 0.2) is 28.7 Å². The summed E-state index contributed by atoms with van der Waals surface area (Å²) < 4.78 is 1.49. The Morgan fingerprint density at radius 1 is 1.29 bits per heavy atom. The maximum absolute atomic E-state index is 12.3. The molecule has 17 heavy (non-hydrogen) atoms. The van der Waals surface area contributed by atoms with Gasteiger partial charge in [0, 0.05) is 10.0 Å². The lowest BCUT2D eigenvalue weighted by Gasteiger charge is -2.03. The normalized spacial score (nSPS) is 10.6. The Kier molecular flexibility index (Phi) is 3.71. The molecule has 0 bridgehead atoms. The van der Waals surface area contributed by atoms with Crippen LogP contribution in [0.2, 0.25) is 4.34 Å². The molecule has 2 aromatic rings. The number of hydrogen-bond donors (Lipinski definition) is 0. The average molecular weight is 330 g/mol. The fourth-order valence-electron chi connectivity index (χ4n) is 1.52. The van der Waals surface area contributed by atoms with Crippen molar-refractivity contribution in [2.75, 3.05) is 0 Å². The molecule has 0 aliphatic carbocycles. The van der Waals surface area contributed by atoms with E-state index < -0.39 is 0 Å². The van der Waals surface area contributed by atoms with Crippen LogP contribution >= 0.6 is 38.9 Å². The standard InChI is InChI=1S/C13H10BrClOS/c1-7-3-4-10(14)9(5-7)12(16)11-6-8(2)13(15)17-11/h3-6H,1-2H3. The number of ketones is 1. The van der Waals surface area contributed by atoms with Gasteiger partial charge >= 0.3 is 0 Å². The van der Waals surface area contributed by atoms with Crippen molar-refractivity contribution in [1.82, 2.24) is 0 Å². The highest BCUT2D eigenvalue weighted by atomic mass is 79.9. The van der Waals surface area contributed by atoms with Crippen molar-refractivity contribution in [2.45, 2.75) is 13.8 Å². The predicted octanol–water partition coefficient (Wildman–Crippen LogP) is 5.01. The molecule has 2 rings (SSSR count). The quantitative estimate of drug-likeness (QED) is 0.708. The van der Waals surface area contributed by atoms with Gasteiger partial charge in [-0.1, -0.05) is 39.2 Å². The summed E-state index contributed by atoms with van der Waals surface area (Å²) >= 11 is 10.7. The van der Waals surface area contributed by atoms with E-state index in [4.69, 9.17) is 11.6 Å². The van der Waals surface area contributed by atoms with E-state index >= 15 is 0 Å². The third-order valence-electron chi connectivity index (χ3n) is 2.45. The second kappa shape index (κ2) is 4.92. The Morgan fingerprint density at radius 2 is 2.00 bits per heavy atom. The lowest BCUT2D eigenvalue weighted by Crippen LogP contribution is -2.00. The summed E-state index contributed by atoms with van der Waals surface area (Å²) in [7, 11) is 0. The summed E-state index contributed by atoms with van der Waals surface area (Å²) in [6, 6.07) is 7.58. The van der Waals surface area contributed by atoms with Crippen molar-refractivity contribution < 1.29 is 4.79 Å². The number of hydrogen-bond acceptors (Lipinski definition) is 2. The number of thiophene rings is 1. The topological polar surface area (TPSA) is 17.1 Å². The Bertz CT molecular complexity index is 570. The third kappa shape index (κ3) is 2.62. The molecule has 1 heterocycles. The molecule has 0 unspecified atom stereocenters. The molecule has 0 fully saturated rings. The molecule has 1 nitrogen and oxygen atoms in total. The Morgan fingerprint density at radius 3 is 2.59 bits per heavy atom. The van der Waals surface area contributed by atoms with Crippen molar-refractivity contribution in [3.05, 3.63) is 54.6 Å². The average Bonchev–Trinajstić information content (AvgIpc) is 2.62. The van der Waals surface area contributed by atoms with Gasteiger partial charge in [-0.15, -0.1) is 11.3 Å². The van der Waals surface area contributed by atoms with Crippen molar-refractivity contribution in [3.8, 4) is 0 Å². The van der Waals surface area contributed by atoms with Crippen LogP contribution in [0.3, 0.4) is 0 Å². The molecule has 1 aromatic heterocycles. The number of halogens is 2. The van der Waals surface area contributed by atoms with Gasteiger partial charge in [-0.3, -0.25) is 4.79 Å². The van der Waals surface area contributed by atoms with Crippen LogP contribution in [0.5, 0.6) is 0 Å². The molecule has 0 radical (unpaired) electrons. The van der Waals surface area contributed by atoms with Crippen LogP contribution in [0, 0.1) is 13.8 Å². The molecule has 0 spiro atoms. The van der Waals surface area contributed by atoms with Crippen molar-refractivity contribution in [3.63, 3.8) is 0 Å². The molecule has 0 saturated carbocycles. The van der Waals surface area contributed by atoms with Gasteiger partial charge in [0.05, 0.1) is 9.21 Å². The summed E-state index contributed by atoms with van der Waals surface area (Å²) in [6.07, 6.45) is 0. The first-order valence-electron chi connectivity index (χ1n) is 5.06. The zero-order valence-electron chi connectivity index (χ0n) is 9.38. The molecule has 4 heteroatoms. The lowest BCUT2D eigenvalue weighted by molar-refractivity contribution is 0.104. The number of aryl methyl sites for hydroxylation is 2. The van der Waals surface area contributed by atoms with Gasteiger partial charge in [0.2, 0.25) is 5.78 Å². The summed E-state index contributed by atoms with van der Waals surface area (Å²) in [5, 5.41) is 0. The van der Waals surface area contributed by atoms with E-state index in [1.807, 2.05) is 38.1 Å². The molecule has 0 aliphatic heterocycles. The van der Waals surface area contributed by atoms with Crippen LogP contribution in [-0.4, -0.2) is 5.78 Å². The molecule has 0 N–H and O–H groups in total. The highest BCUT2D eigenvalue weighted by molar-refractivity contribution is 9.10. The van der Waals surface area contributed by atoms with Crippen LogP contribution < -0.4 is 0 Å². The van der Waals surface area contributed by atoms with E-state index in [2.05, 4.69) is 15.9 Å². The Hall–Kier alpha value is -0.640. The molecular formula is C13H10BrClOS. The molecule has 0 aliphatic rings. The molecule has 1 aromatic carbocycles. The van der Waals surface area contributed by atoms with Gasteiger partial charge in [-0.2, -0.15) is 0 Å². The largest absolute Gasteiger partial charge is 0.288 e. The summed E-state index contributed by atoms with van der Waals surface area (Å²) in [6.45, 7) is 3.87. The van der Waals surface area contributed by atoms with Gasteiger partial charge < -0.3 is 0 Å². The fraction of sp³-hybridized carbons (Fsp3) is 0.154. The molecule has 88 valence electrons. The highest BCUT2D eigenvalue weighted by Crippen LogP contribution is 2.30. The Labute approximate surface area is 118 Å². The summed E-state index contributed by atoms with van der Waals surface area (Å²) in [5.74, 6) is 0.0144. The second-order valence-electron chi connectivity index (χ2n) is 3.88. The first-order valence-corrected chi connectivity index (χ1v) is 7.04. The van der Waals surface area contributed by atoms with Crippen molar-refractivity contribution >= 4 is 44.7 Å². The van der Waals surface area contributed by atoms with Crippen LogP contribution in [0.4, 0.5) is 0 Å². The molecular weight excluding hydrogens is 320 g/mol. The summed E-state index contributed by atoms with van der Waals surface area (Å²) in [4.78, 5) is 13.0. The van der Waals surface area contributed by atoms with E-state index in [1.54, 1.807) is 0 Å². The van der Waals surface area contributed by atoms with Crippen molar-refractivity contribution in [1.29, 1.82) is 0 Å². The number of carbonyl (C=O) groups excluding carboxylic acids is 1. The molecule has 0 saturated heterocycles. The maximum Gasteiger partial charge on any atom is 0.204 e. The minimum Gasteiger partial charge on any atom is -0.288 e. The number of benzene rings is 1. The minimum atomic E-state index is 0.0144. The van der Waals surface area contributed by atoms with Crippen molar-refractivity contribution in [2.24, 2.45) is 0 Å². The Balaban J connectivity index is 2.47. The molecule has 0 atom stereocenters. The first-order chi connectivity index (χ1) is 7.99. The van der Waals surface area contributed by atoms with Gasteiger partial charge in [0.25, 0.3) is 0 Å². The van der Waals surface area contributed by atoms with E-state index in [9.17, 15) is 4.79 Å². The number of carbonyl (C=O) groups is 1. The zero-order chi connectivity index (χ0) is 12.6. The second-order valence-corrected chi connectivity index (χ2v) is 6.39. The maximum atomic E-state index is 12.3. The summed E-state index contributed by atoms with van der Waals surface area (Å²) in [5.41, 5.74) is 2.70. The third-order valence-corrected chi connectivity index (χ3v) is 4.69. The van der Waals surface area contributed by atoms with E-state index in [0.29, 0.717) is 14.8 Å². The molecule has 0 amide bonds. The lowest BCUT2D eigenvalue weighted by atomic mass is 10.1. The monoisotopic (exact) mass is 328 g/mol. The van der Waals surface area contributed by atoms with Gasteiger partial charge in [-0.25, -0.2) is 0 Å². The SMILES string of the molecule is Cc1ccc(Br)c(C(=O)c2cc(C)c(Cl)s2)c1. The van der Waals surface area contributed by atoms with Crippen LogP contribution in [0.1, 0.15) is 26.4 Å². The number of rotatable bonds is 2. The van der Waals surface area contributed by atoms with E-state index in [-0.39, 0.29) is 5.78 Å². The fourth-order valence-corrected chi connectivity index (χ4v) is 3.10.